The molecule has 2 rings (SSSR count). The van der Waals surface area contributed by atoms with E-state index < -0.39 is 24.3 Å². The quantitative estimate of drug-likeness (QED) is 0.733. The Balaban J connectivity index is 1.82. The average Bonchev–Trinajstić information content (AvgIpc) is 2.61. The minimum Gasteiger partial charge on any atom is -0.482 e. The van der Waals surface area contributed by atoms with E-state index in [9.17, 15) is 14.0 Å². The minimum absolute atomic E-state index is 0.0827. The van der Waals surface area contributed by atoms with Gasteiger partial charge in [-0.25, -0.2) is 9.18 Å². The summed E-state index contributed by atoms with van der Waals surface area (Å²) in [5.74, 6) is -1.19. The first-order chi connectivity index (χ1) is 12.4. The lowest BCUT2D eigenvalue weighted by Gasteiger charge is -2.13. The van der Waals surface area contributed by atoms with Crippen LogP contribution < -0.4 is 10.1 Å². The number of ether oxygens (including phenoxy) is 2. The lowest BCUT2D eigenvalue weighted by atomic mass is 10.0. The summed E-state index contributed by atoms with van der Waals surface area (Å²) in [5.41, 5.74) is 0.884. The van der Waals surface area contributed by atoms with Gasteiger partial charge in [0.2, 0.25) is 0 Å². The van der Waals surface area contributed by atoms with E-state index >= 15 is 0 Å². The molecule has 0 saturated carbocycles. The summed E-state index contributed by atoms with van der Waals surface area (Å²) in [6.07, 6.45) is 0. The number of halogens is 2. The van der Waals surface area contributed by atoms with Gasteiger partial charge in [0.25, 0.3) is 5.91 Å². The summed E-state index contributed by atoms with van der Waals surface area (Å²) in [7, 11) is 0. The third-order valence-electron chi connectivity index (χ3n) is 3.45. The Bertz CT molecular complexity index is 795. The third kappa shape index (κ3) is 5.74. The number of hydrogen-bond acceptors (Lipinski definition) is 4. The van der Waals surface area contributed by atoms with Crippen LogP contribution in [0.2, 0.25) is 5.02 Å². The van der Waals surface area contributed by atoms with Crippen LogP contribution in [0.5, 0.6) is 5.75 Å². The van der Waals surface area contributed by atoms with Gasteiger partial charge in [-0.2, -0.15) is 0 Å². The standard InChI is InChI=1S/C19H19ClFNO4/c1-12(2)14-5-3-4-6-17(14)25-11-19(24)26-10-18(23)22-16-9-13(20)7-8-15(16)21/h3-9,12H,10-11H2,1-2H3,(H,22,23). The third-order valence-corrected chi connectivity index (χ3v) is 3.69. The van der Waals surface area contributed by atoms with E-state index in [1.165, 1.54) is 12.1 Å². The Hall–Kier alpha value is -2.60. The van der Waals surface area contributed by atoms with E-state index in [1.807, 2.05) is 26.0 Å². The molecule has 7 heteroatoms. The molecule has 0 bridgehead atoms. The maximum absolute atomic E-state index is 13.5. The maximum atomic E-state index is 13.5. The van der Waals surface area contributed by atoms with Crippen molar-refractivity contribution in [2.75, 3.05) is 18.5 Å². The maximum Gasteiger partial charge on any atom is 0.344 e. The molecule has 5 nitrogen and oxygen atoms in total. The predicted molar refractivity (Wildman–Crippen MR) is 97.0 cm³/mol. The van der Waals surface area contributed by atoms with Crippen LogP contribution in [0.3, 0.4) is 0 Å². The van der Waals surface area contributed by atoms with Gasteiger partial charge in [0.05, 0.1) is 5.69 Å². The smallest absolute Gasteiger partial charge is 0.344 e. The zero-order chi connectivity index (χ0) is 19.1. The molecule has 0 unspecified atom stereocenters. The number of anilines is 1. The van der Waals surface area contributed by atoms with Crippen LogP contribution in [0, 0.1) is 5.82 Å². The van der Waals surface area contributed by atoms with E-state index in [-0.39, 0.29) is 23.2 Å². The molecule has 0 aliphatic carbocycles. The first-order valence-corrected chi connectivity index (χ1v) is 8.37. The van der Waals surface area contributed by atoms with Crippen molar-refractivity contribution in [3.8, 4) is 5.75 Å². The lowest BCUT2D eigenvalue weighted by Crippen LogP contribution is -2.24. The molecule has 0 fully saturated rings. The highest BCUT2D eigenvalue weighted by Gasteiger charge is 2.13. The molecule has 1 amide bonds. The number of rotatable bonds is 7. The topological polar surface area (TPSA) is 64.6 Å². The van der Waals surface area contributed by atoms with Gasteiger partial charge in [0, 0.05) is 5.02 Å². The molecule has 26 heavy (non-hydrogen) atoms. The SMILES string of the molecule is CC(C)c1ccccc1OCC(=O)OCC(=O)Nc1cc(Cl)ccc1F. The van der Waals surface area contributed by atoms with Crippen LogP contribution in [-0.4, -0.2) is 25.1 Å². The molecule has 0 heterocycles. The van der Waals surface area contributed by atoms with E-state index in [0.29, 0.717) is 5.75 Å². The number of benzene rings is 2. The molecule has 2 aromatic rings. The number of nitrogens with one attached hydrogen (secondary N) is 1. The fourth-order valence-electron chi connectivity index (χ4n) is 2.19. The van der Waals surface area contributed by atoms with Gasteiger partial charge in [-0.15, -0.1) is 0 Å². The number of carbonyl (C=O) groups is 2. The summed E-state index contributed by atoms with van der Waals surface area (Å²) in [4.78, 5) is 23.5. The molecule has 0 spiro atoms. The first kappa shape index (κ1) is 19.7. The number of esters is 1. The van der Waals surface area contributed by atoms with Gasteiger partial charge in [-0.1, -0.05) is 43.6 Å². The van der Waals surface area contributed by atoms with Crippen molar-refractivity contribution in [2.45, 2.75) is 19.8 Å². The number of para-hydroxylation sites is 1. The normalized spacial score (nSPS) is 10.5. The van der Waals surface area contributed by atoms with Crippen molar-refractivity contribution in [3.05, 3.63) is 58.9 Å². The zero-order valence-electron chi connectivity index (χ0n) is 14.4. The van der Waals surface area contributed by atoms with Gasteiger partial charge in [0.15, 0.2) is 13.2 Å². The highest BCUT2D eigenvalue weighted by Crippen LogP contribution is 2.25. The van der Waals surface area contributed by atoms with Crippen LogP contribution in [0.15, 0.2) is 42.5 Å². The van der Waals surface area contributed by atoms with E-state index in [2.05, 4.69) is 5.32 Å². The Morgan fingerprint density at radius 3 is 2.62 bits per heavy atom. The number of amides is 1. The van der Waals surface area contributed by atoms with Crippen molar-refractivity contribution in [1.29, 1.82) is 0 Å². The molecule has 0 aliphatic rings. The molecule has 0 radical (unpaired) electrons. The van der Waals surface area contributed by atoms with Gasteiger partial charge in [-0.3, -0.25) is 4.79 Å². The summed E-state index contributed by atoms with van der Waals surface area (Å²) >= 11 is 5.74. The van der Waals surface area contributed by atoms with Gasteiger partial charge in [-0.05, 0) is 35.7 Å². The molecule has 0 aliphatic heterocycles. The fraction of sp³-hybridized carbons (Fsp3) is 0.263. The Kier molecular flexibility index (Phi) is 6.97. The van der Waals surface area contributed by atoms with Crippen LogP contribution in [0.4, 0.5) is 10.1 Å². The molecule has 138 valence electrons. The number of carbonyl (C=O) groups excluding carboxylic acids is 2. The summed E-state index contributed by atoms with van der Waals surface area (Å²) < 4.78 is 23.8. The second kappa shape index (κ2) is 9.20. The Labute approximate surface area is 156 Å². The predicted octanol–water partition coefficient (Wildman–Crippen LogP) is 4.16. The highest BCUT2D eigenvalue weighted by molar-refractivity contribution is 6.30. The van der Waals surface area contributed by atoms with Gasteiger partial charge >= 0.3 is 5.97 Å². The highest BCUT2D eigenvalue weighted by atomic mass is 35.5. The molecular weight excluding hydrogens is 361 g/mol. The molecule has 1 N–H and O–H groups in total. The summed E-state index contributed by atoms with van der Waals surface area (Å²) in [6.45, 7) is 3.14. The molecule has 0 saturated heterocycles. The number of hydrogen-bond donors (Lipinski definition) is 1. The summed E-state index contributed by atoms with van der Waals surface area (Å²) in [5, 5.41) is 2.56. The second-order valence-electron chi connectivity index (χ2n) is 5.81. The van der Waals surface area contributed by atoms with Crippen molar-refractivity contribution >= 4 is 29.2 Å². The van der Waals surface area contributed by atoms with Crippen molar-refractivity contribution in [2.24, 2.45) is 0 Å². The van der Waals surface area contributed by atoms with Crippen LogP contribution in [-0.2, 0) is 14.3 Å². The van der Waals surface area contributed by atoms with Gasteiger partial charge < -0.3 is 14.8 Å². The monoisotopic (exact) mass is 379 g/mol. The van der Waals surface area contributed by atoms with Crippen LogP contribution in [0.1, 0.15) is 25.3 Å². The molecule has 0 atom stereocenters. The van der Waals surface area contributed by atoms with E-state index in [0.717, 1.165) is 11.6 Å². The van der Waals surface area contributed by atoms with Crippen molar-refractivity contribution in [1.82, 2.24) is 0 Å². The van der Waals surface area contributed by atoms with Crippen molar-refractivity contribution in [3.63, 3.8) is 0 Å². The van der Waals surface area contributed by atoms with Crippen LogP contribution >= 0.6 is 11.6 Å². The van der Waals surface area contributed by atoms with Gasteiger partial charge in [0.1, 0.15) is 11.6 Å². The Morgan fingerprint density at radius 2 is 1.88 bits per heavy atom. The van der Waals surface area contributed by atoms with Crippen LogP contribution in [0.25, 0.3) is 0 Å². The second-order valence-corrected chi connectivity index (χ2v) is 6.25. The lowest BCUT2D eigenvalue weighted by molar-refractivity contribution is -0.149. The minimum atomic E-state index is -0.703. The largest absolute Gasteiger partial charge is 0.482 e. The van der Waals surface area contributed by atoms with E-state index in [1.54, 1.807) is 12.1 Å². The fourth-order valence-corrected chi connectivity index (χ4v) is 2.37. The molecular formula is C19H19ClFNO4. The molecule has 2 aromatic carbocycles. The molecule has 0 aromatic heterocycles. The van der Waals surface area contributed by atoms with E-state index in [4.69, 9.17) is 21.1 Å². The summed E-state index contributed by atoms with van der Waals surface area (Å²) in [6, 6.07) is 11.1. The average molecular weight is 380 g/mol. The van der Waals surface area contributed by atoms with Crippen molar-refractivity contribution < 1.29 is 23.5 Å². The first-order valence-electron chi connectivity index (χ1n) is 7.99. The Morgan fingerprint density at radius 1 is 1.15 bits per heavy atom. The zero-order valence-corrected chi connectivity index (χ0v) is 15.2.